The number of nitrogens with one attached hydrogen (secondary N) is 1. The molecule has 0 unspecified atom stereocenters. The van der Waals surface area contributed by atoms with E-state index in [-0.39, 0.29) is 5.69 Å². The Morgan fingerprint density at radius 2 is 2.20 bits per heavy atom. The second-order valence-electron chi connectivity index (χ2n) is 2.87. The quantitative estimate of drug-likeness (QED) is 0.599. The highest BCUT2D eigenvalue weighted by Gasteiger charge is 2.16. The number of aromatic nitrogens is 1. The molecule has 0 fully saturated rings. The molecule has 2 N–H and O–H groups in total. The number of hydrogen-bond donors (Lipinski definition) is 2. The third-order valence-corrected chi connectivity index (χ3v) is 2.74. The molecule has 74 valence electrons. The number of aromatic carboxylic acids is 1. The molecule has 1 heterocycles. The number of aromatic amines is 1. The predicted octanol–water partition coefficient (Wildman–Crippen LogP) is 2.44. The van der Waals surface area contributed by atoms with Crippen LogP contribution < -0.4 is 0 Å². The highest BCUT2D eigenvalue weighted by Crippen LogP contribution is 2.30. The third kappa shape index (κ3) is 1.55. The van der Waals surface area contributed by atoms with Crippen LogP contribution in [0, 0.1) is 10.7 Å². The summed E-state index contributed by atoms with van der Waals surface area (Å²) in [6.45, 7) is 0. The average Bonchev–Trinajstić information content (AvgIpc) is 2.58. The van der Waals surface area contributed by atoms with E-state index >= 15 is 0 Å². The Morgan fingerprint density at radius 3 is 2.87 bits per heavy atom. The van der Waals surface area contributed by atoms with Crippen molar-refractivity contribution >= 4 is 28.6 Å². The van der Waals surface area contributed by atoms with Gasteiger partial charge in [0.25, 0.3) is 0 Å². The summed E-state index contributed by atoms with van der Waals surface area (Å²) >= 11 is 0.860. The van der Waals surface area contributed by atoms with Crippen LogP contribution in [0.4, 0.5) is 0 Å². The van der Waals surface area contributed by atoms with Crippen LogP contribution in [0.1, 0.15) is 10.5 Å². The lowest BCUT2D eigenvalue weighted by Gasteiger charge is -1.92. The normalized spacial score (nSPS) is 10.1. The van der Waals surface area contributed by atoms with Crippen LogP contribution in [-0.4, -0.2) is 16.1 Å². The van der Waals surface area contributed by atoms with Crippen LogP contribution >= 0.6 is 11.8 Å². The number of rotatable bonds is 2. The van der Waals surface area contributed by atoms with Crippen LogP contribution in [0.5, 0.6) is 0 Å². The number of carboxylic acids is 1. The van der Waals surface area contributed by atoms with E-state index in [9.17, 15) is 4.79 Å². The minimum Gasteiger partial charge on any atom is -0.477 e. The molecule has 0 spiro atoms. The van der Waals surface area contributed by atoms with Crippen molar-refractivity contribution in [3.05, 3.63) is 30.0 Å². The lowest BCUT2D eigenvalue weighted by Crippen LogP contribution is -1.97. The molecule has 15 heavy (non-hydrogen) atoms. The van der Waals surface area contributed by atoms with Crippen LogP contribution in [0.3, 0.4) is 0 Å². The van der Waals surface area contributed by atoms with Gasteiger partial charge in [0, 0.05) is 10.9 Å². The van der Waals surface area contributed by atoms with Crippen LogP contribution in [0.2, 0.25) is 0 Å². The Labute approximate surface area is 89.5 Å². The zero-order valence-corrected chi connectivity index (χ0v) is 8.34. The first kappa shape index (κ1) is 9.62. The van der Waals surface area contributed by atoms with E-state index in [1.807, 2.05) is 17.5 Å². The number of para-hydroxylation sites is 1. The summed E-state index contributed by atoms with van der Waals surface area (Å²) in [6.07, 6.45) is 0. The second-order valence-corrected chi connectivity index (χ2v) is 3.67. The maximum atomic E-state index is 10.9. The summed E-state index contributed by atoms with van der Waals surface area (Å²) in [5.41, 5.74) is 0.801. The lowest BCUT2D eigenvalue weighted by atomic mass is 10.2. The van der Waals surface area contributed by atoms with Crippen LogP contribution in [-0.2, 0) is 0 Å². The zero-order chi connectivity index (χ0) is 10.8. The maximum Gasteiger partial charge on any atom is 0.353 e. The van der Waals surface area contributed by atoms with Gasteiger partial charge in [0.2, 0.25) is 0 Å². The molecule has 0 aliphatic heterocycles. The minimum absolute atomic E-state index is 0.0720. The van der Waals surface area contributed by atoms with Gasteiger partial charge in [-0.15, -0.1) is 0 Å². The highest BCUT2D eigenvalue weighted by molar-refractivity contribution is 8.04. The van der Waals surface area contributed by atoms with Crippen molar-refractivity contribution in [3.63, 3.8) is 0 Å². The summed E-state index contributed by atoms with van der Waals surface area (Å²) in [7, 11) is 0. The SMILES string of the molecule is N#CSc1c(C(=O)O)[nH]c2ccccc12. The number of carbonyl (C=O) groups is 1. The monoisotopic (exact) mass is 218 g/mol. The van der Waals surface area contributed by atoms with E-state index in [4.69, 9.17) is 10.4 Å². The van der Waals surface area contributed by atoms with E-state index in [2.05, 4.69) is 4.98 Å². The summed E-state index contributed by atoms with van der Waals surface area (Å²) in [6, 6.07) is 7.19. The Kier molecular flexibility index (Phi) is 2.35. The first-order chi connectivity index (χ1) is 7.24. The molecule has 1 aromatic carbocycles. The molecule has 0 radical (unpaired) electrons. The summed E-state index contributed by atoms with van der Waals surface area (Å²) in [5, 5.41) is 20.2. The molecular formula is C10H6N2O2S. The molecule has 4 nitrogen and oxygen atoms in total. The lowest BCUT2D eigenvalue weighted by molar-refractivity contribution is 0.0688. The van der Waals surface area contributed by atoms with Gasteiger partial charge >= 0.3 is 5.97 Å². The molecule has 2 aromatic rings. The molecule has 5 heteroatoms. The number of hydrogen-bond acceptors (Lipinski definition) is 3. The average molecular weight is 218 g/mol. The molecule has 0 amide bonds. The maximum absolute atomic E-state index is 10.9. The standard InChI is InChI=1S/C10H6N2O2S/c11-5-15-9-6-3-1-2-4-7(6)12-8(9)10(13)14/h1-4,12H,(H,13,14). The number of H-pyrrole nitrogens is 1. The molecule has 0 bridgehead atoms. The molecular weight excluding hydrogens is 212 g/mol. The Hall–Kier alpha value is -1.93. The molecule has 0 atom stereocenters. The van der Waals surface area contributed by atoms with Gasteiger partial charge in [0.05, 0.1) is 4.90 Å². The second kappa shape index (κ2) is 3.67. The minimum atomic E-state index is -1.05. The zero-order valence-electron chi connectivity index (χ0n) is 7.52. The van der Waals surface area contributed by atoms with Gasteiger partial charge in [-0.2, -0.15) is 5.26 Å². The van der Waals surface area contributed by atoms with E-state index in [1.165, 1.54) is 0 Å². The van der Waals surface area contributed by atoms with Crippen molar-refractivity contribution in [2.75, 3.05) is 0 Å². The van der Waals surface area contributed by atoms with E-state index in [0.717, 1.165) is 22.7 Å². The molecule has 0 aliphatic rings. The summed E-state index contributed by atoms with van der Waals surface area (Å²) in [4.78, 5) is 14.2. The number of thiocyanates is 1. The topological polar surface area (TPSA) is 76.9 Å². The molecule has 0 aliphatic carbocycles. The van der Waals surface area contributed by atoms with Gasteiger partial charge in [0.15, 0.2) is 0 Å². The Balaban J connectivity index is 2.75. The summed E-state index contributed by atoms with van der Waals surface area (Å²) in [5.74, 6) is -1.05. The predicted molar refractivity (Wildman–Crippen MR) is 56.7 cm³/mol. The third-order valence-electron chi connectivity index (χ3n) is 2.02. The fourth-order valence-electron chi connectivity index (χ4n) is 1.42. The first-order valence-electron chi connectivity index (χ1n) is 4.14. The van der Waals surface area contributed by atoms with Gasteiger partial charge in [-0.3, -0.25) is 0 Å². The van der Waals surface area contributed by atoms with Crippen molar-refractivity contribution < 1.29 is 9.90 Å². The smallest absolute Gasteiger partial charge is 0.353 e. The Morgan fingerprint density at radius 1 is 1.47 bits per heavy atom. The molecule has 1 aromatic heterocycles. The number of fused-ring (bicyclic) bond motifs is 1. The van der Waals surface area contributed by atoms with Crippen LogP contribution in [0.15, 0.2) is 29.2 Å². The largest absolute Gasteiger partial charge is 0.477 e. The number of carboxylic acid groups (broad SMARTS) is 1. The fourth-order valence-corrected chi connectivity index (χ4v) is 2.04. The molecule has 0 saturated heterocycles. The Bertz CT molecular complexity index is 568. The van der Waals surface area contributed by atoms with Gasteiger partial charge in [0.1, 0.15) is 11.1 Å². The van der Waals surface area contributed by atoms with Gasteiger partial charge in [-0.1, -0.05) is 18.2 Å². The number of nitriles is 1. The van der Waals surface area contributed by atoms with Crippen molar-refractivity contribution in [1.29, 1.82) is 5.26 Å². The number of thioether (sulfide) groups is 1. The van der Waals surface area contributed by atoms with Gasteiger partial charge < -0.3 is 10.1 Å². The van der Waals surface area contributed by atoms with Crippen LogP contribution in [0.25, 0.3) is 10.9 Å². The first-order valence-corrected chi connectivity index (χ1v) is 4.95. The highest BCUT2D eigenvalue weighted by atomic mass is 32.2. The summed E-state index contributed by atoms with van der Waals surface area (Å²) < 4.78 is 0. The van der Waals surface area contributed by atoms with Crippen molar-refractivity contribution in [1.82, 2.24) is 4.98 Å². The van der Waals surface area contributed by atoms with Gasteiger partial charge in [-0.25, -0.2) is 4.79 Å². The van der Waals surface area contributed by atoms with Crippen molar-refractivity contribution in [2.45, 2.75) is 4.90 Å². The van der Waals surface area contributed by atoms with Crippen molar-refractivity contribution in [3.8, 4) is 5.40 Å². The van der Waals surface area contributed by atoms with Crippen molar-refractivity contribution in [2.24, 2.45) is 0 Å². The van der Waals surface area contributed by atoms with E-state index in [0.29, 0.717) is 4.90 Å². The molecule has 2 rings (SSSR count). The number of benzene rings is 1. The molecule has 0 saturated carbocycles. The van der Waals surface area contributed by atoms with E-state index in [1.54, 1.807) is 12.1 Å². The van der Waals surface area contributed by atoms with E-state index < -0.39 is 5.97 Å². The fraction of sp³-hybridized carbons (Fsp3) is 0. The van der Waals surface area contributed by atoms with Gasteiger partial charge in [-0.05, 0) is 17.8 Å². The number of nitrogens with zero attached hydrogens (tertiary/aromatic N) is 1.